The molecular formula is C16H20ClNS. The van der Waals surface area contributed by atoms with E-state index in [9.17, 15) is 0 Å². The summed E-state index contributed by atoms with van der Waals surface area (Å²) in [6, 6.07) is 11.1. The largest absolute Gasteiger partial charge is 0.312 e. The summed E-state index contributed by atoms with van der Waals surface area (Å²) >= 11 is 8.04. The van der Waals surface area contributed by atoms with Gasteiger partial charge in [-0.2, -0.15) is 0 Å². The molecule has 2 aromatic rings. The molecule has 102 valence electrons. The second-order valence-corrected chi connectivity index (χ2v) is 6.70. The minimum Gasteiger partial charge on any atom is -0.312 e. The molecule has 0 bridgehead atoms. The maximum Gasteiger partial charge on any atom is 0.0441 e. The molecule has 1 N–H and O–H groups in total. The standard InChI is InChI=1S/C16H20ClNS/c1-10(2)16(18-4)15-8-7-14(19-15)12-6-5-11(3)13(17)9-12/h5-10,16,18H,1-4H3. The third-order valence-corrected chi connectivity index (χ3v) is 4.99. The summed E-state index contributed by atoms with van der Waals surface area (Å²) in [4.78, 5) is 2.65. The van der Waals surface area contributed by atoms with Gasteiger partial charge >= 0.3 is 0 Å². The summed E-state index contributed by atoms with van der Waals surface area (Å²) in [5, 5.41) is 4.22. The molecule has 1 nitrogen and oxygen atoms in total. The Labute approximate surface area is 124 Å². The van der Waals surface area contributed by atoms with Gasteiger partial charge in [-0.25, -0.2) is 0 Å². The van der Waals surface area contributed by atoms with E-state index in [4.69, 9.17) is 11.6 Å². The Balaban J connectivity index is 2.32. The molecule has 0 fully saturated rings. The molecule has 1 heterocycles. The predicted octanol–water partition coefficient (Wildman–Crippen LogP) is 5.29. The molecule has 0 saturated heterocycles. The van der Waals surface area contributed by atoms with Gasteiger partial charge < -0.3 is 5.32 Å². The molecule has 0 aliphatic heterocycles. The fraction of sp³-hybridized carbons (Fsp3) is 0.375. The lowest BCUT2D eigenvalue weighted by Gasteiger charge is -2.18. The van der Waals surface area contributed by atoms with E-state index < -0.39 is 0 Å². The summed E-state index contributed by atoms with van der Waals surface area (Å²) in [6.07, 6.45) is 0. The molecule has 0 spiro atoms. The second kappa shape index (κ2) is 6.08. The van der Waals surface area contributed by atoms with Gasteiger partial charge in [0.15, 0.2) is 0 Å². The normalized spacial score (nSPS) is 12.9. The highest BCUT2D eigenvalue weighted by Crippen LogP contribution is 2.35. The number of hydrogen-bond acceptors (Lipinski definition) is 2. The predicted molar refractivity (Wildman–Crippen MR) is 86.1 cm³/mol. The molecule has 0 aliphatic carbocycles. The number of rotatable bonds is 4. The topological polar surface area (TPSA) is 12.0 Å². The summed E-state index contributed by atoms with van der Waals surface area (Å²) in [6.45, 7) is 6.51. The first kappa shape index (κ1) is 14.6. The zero-order chi connectivity index (χ0) is 14.0. The van der Waals surface area contributed by atoms with Crippen LogP contribution in [0.3, 0.4) is 0 Å². The Morgan fingerprint density at radius 3 is 2.47 bits per heavy atom. The molecule has 3 heteroatoms. The second-order valence-electron chi connectivity index (χ2n) is 5.18. The van der Waals surface area contributed by atoms with Crippen molar-refractivity contribution in [2.45, 2.75) is 26.8 Å². The van der Waals surface area contributed by atoms with Crippen LogP contribution in [0.15, 0.2) is 30.3 Å². The van der Waals surface area contributed by atoms with E-state index in [0.717, 1.165) is 10.6 Å². The van der Waals surface area contributed by atoms with E-state index in [1.54, 1.807) is 0 Å². The van der Waals surface area contributed by atoms with Gasteiger partial charge in [-0.1, -0.05) is 37.6 Å². The Morgan fingerprint density at radius 2 is 1.89 bits per heavy atom. The van der Waals surface area contributed by atoms with E-state index >= 15 is 0 Å². The number of hydrogen-bond donors (Lipinski definition) is 1. The van der Waals surface area contributed by atoms with Crippen LogP contribution in [0.25, 0.3) is 10.4 Å². The van der Waals surface area contributed by atoms with Crippen LogP contribution in [0, 0.1) is 12.8 Å². The lowest BCUT2D eigenvalue weighted by Crippen LogP contribution is -2.20. The highest BCUT2D eigenvalue weighted by molar-refractivity contribution is 7.15. The molecular weight excluding hydrogens is 274 g/mol. The minimum absolute atomic E-state index is 0.416. The zero-order valence-corrected chi connectivity index (χ0v) is 13.4. The Kier molecular flexibility index (Phi) is 4.67. The van der Waals surface area contributed by atoms with E-state index in [-0.39, 0.29) is 0 Å². The van der Waals surface area contributed by atoms with Crippen LogP contribution in [0.5, 0.6) is 0 Å². The zero-order valence-electron chi connectivity index (χ0n) is 11.8. The number of halogens is 1. The lowest BCUT2D eigenvalue weighted by molar-refractivity contribution is 0.449. The molecule has 1 unspecified atom stereocenters. The molecule has 19 heavy (non-hydrogen) atoms. The molecule has 1 aromatic carbocycles. The van der Waals surface area contributed by atoms with E-state index in [1.165, 1.54) is 15.3 Å². The quantitative estimate of drug-likeness (QED) is 0.807. The lowest BCUT2D eigenvalue weighted by atomic mass is 10.0. The SMILES string of the molecule is CNC(c1ccc(-c2ccc(C)c(Cl)c2)s1)C(C)C. The van der Waals surface area contributed by atoms with Crippen molar-refractivity contribution in [1.82, 2.24) is 5.32 Å². The van der Waals surface area contributed by atoms with Gasteiger partial charge in [0.25, 0.3) is 0 Å². The summed E-state index contributed by atoms with van der Waals surface area (Å²) < 4.78 is 0. The van der Waals surface area contributed by atoms with Gasteiger partial charge in [0.05, 0.1) is 0 Å². The van der Waals surface area contributed by atoms with E-state index in [1.807, 2.05) is 25.3 Å². The van der Waals surface area contributed by atoms with Crippen molar-refractivity contribution < 1.29 is 0 Å². The van der Waals surface area contributed by atoms with Crippen molar-refractivity contribution in [3.8, 4) is 10.4 Å². The molecule has 0 saturated carbocycles. The highest BCUT2D eigenvalue weighted by atomic mass is 35.5. The number of thiophene rings is 1. The van der Waals surface area contributed by atoms with Gasteiger partial charge in [0.2, 0.25) is 0 Å². The van der Waals surface area contributed by atoms with Crippen LogP contribution in [0.2, 0.25) is 5.02 Å². The first-order valence-corrected chi connectivity index (χ1v) is 7.76. The fourth-order valence-electron chi connectivity index (χ4n) is 2.23. The van der Waals surface area contributed by atoms with Crippen molar-refractivity contribution in [2.24, 2.45) is 5.92 Å². The van der Waals surface area contributed by atoms with Gasteiger partial charge in [-0.3, -0.25) is 0 Å². The average Bonchev–Trinajstić information content (AvgIpc) is 2.82. The van der Waals surface area contributed by atoms with Crippen LogP contribution < -0.4 is 5.32 Å². The highest BCUT2D eigenvalue weighted by Gasteiger charge is 2.16. The Bertz CT molecular complexity index is 560. The third kappa shape index (κ3) is 3.19. The molecule has 0 aliphatic rings. The van der Waals surface area contributed by atoms with Crippen LogP contribution in [-0.2, 0) is 0 Å². The van der Waals surface area contributed by atoms with Gasteiger partial charge in [0.1, 0.15) is 0 Å². The van der Waals surface area contributed by atoms with Gasteiger partial charge in [-0.15, -0.1) is 11.3 Å². The first-order valence-electron chi connectivity index (χ1n) is 6.56. The minimum atomic E-state index is 0.416. The van der Waals surface area contributed by atoms with Crippen molar-refractivity contribution in [1.29, 1.82) is 0 Å². The van der Waals surface area contributed by atoms with Gasteiger partial charge in [-0.05, 0) is 49.2 Å². The van der Waals surface area contributed by atoms with E-state index in [0.29, 0.717) is 12.0 Å². The van der Waals surface area contributed by atoms with E-state index in [2.05, 4.69) is 49.5 Å². The monoisotopic (exact) mass is 293 g/mol. The molecule has 0 radical (unpaired) electrons. The first-order chi connectivity index (χ1) is 9.02. The number of nitrogens with one attached hydrogen (secondary N) is 1. The third-order valence-electron chi connectivity index (χ3n) is 3.37. The smallest absolute Gasteiger partial charge is 0.0441 e. The molecule has 0 amide bonds. The van der Waals surface area contributed by atoms with Crippen LogP contribution in [0.4, 0.5) is 0 Å². The van der Waals surface area contributed by atoms with Crippen molar-refractivity contribution in [3.05, 3.63) is 45.8 Å². The summed E-state index contributed by atoms with van der Waals surface area (Å²) in [5.74, 6) is 0.582. The summed E-state index contributed by atoms with van der Waals surface area (Å²) in [7, 11) is 2.02. The van der Waals surface area contributed by atoms with Crippen LogP contribution in [-0.4, -0.2) is 7.05 Å². The molecule has 2 rings (SSSR count). The summed E-state index contributed by atoms with van der Waals surface area (Å²) in [5.41, 5.74) is 2.32. The van der Waals surface area contributed by atoms with Crippen LogP contribution >= 0.6 is 22.9 Å². The number of aryl methyl sites for hydroxylation is 1. The van der Waals surface area contributed by atoms with Gasteiger partial charge in [0, 0.05) is 20.8 Å². The van der Waals surface area contributed by atoms with Crippen LogP contribution in [0.1, 0.15) is 30.3 Å². The molecule has 1 aromatic heterocycles. The molecule has 1 atom stereocenters. The maximum absolute atomic E-state index is 6.20. The Hall–Kier alpha value is -0.830. The Morgan fingerprint density at radius 1 is 1.16 bits per heavy atom. The van der Waals surface area contributed by atoms with Crippen molar-refractivity contribution in [3.63, 3.8) is 0 Å². The maximum atomic E-state index is 6.20. The number of benzene rings is 1. The van der Waals surface area contributed by atoms with Crippen molar-refractivity contribution in [2.75, 3.05) is 7.05 Å². The van der Waals surface area contributed by atoms with Crippen molar-refractivity contribution >= 4 is 22.9 Å². The fourth-order valence-corrected chi connectivity index (χ4v) is 3.69. The average molecular weight is 294 g/mol.